The first-order valence-corrected chi connectivity index (χ1v) is 7.84. The van der Waals surface area contributed by atoms with Crippen LogP contribution in [0.15, 0.2) is 39.6 Å². The van der Waals surface area contributed by atoms with Crippen LogP contribution in [0.25, 0.3) is 0 Å². The molecule has 0 aliphatic carbocycles. The summed E-state index contributed by atoms with van der Waals surface area (Å²) in [5.41, 5.74) is 6.00. The lowest BCUT2D eigenvalue weighted by molar-refractivity contribution is 0.401. The summed E-state index contributed by atoms with van der Waals surface area (Å²) in [6.45, 7) is 3.50. The van der Waals surface area contributed by atoms with E-state index in [2.05, 4.69) is 4.72 Å². The number of ether oxygens (including phenoxy) is 1. The Kier molecular flexibility index (Phi) is 4.24. The molecule has 2 rings (SSSR count). The lowest BCUT2D eigenvalue weighted by Gasteiger charge is -2.14. The average molecular weight is 310 g/mol. The van der Waals surface area contributed by atoms with Crippen molar-refractivity contribution < 1.29 is 17.6 Å². The summed E-state index contributed by atoms with van der Waals surface area (Å²) in [5, 5.41) is 0. The van der Waals surface area contributed by atoms with Crippen molar-refractivity contribution in [2.45, 2.75) is 24.8 Å². The van der Waals surface area contributed by atoms with Gasteiger partial charge in [0.05, 0.1) is 13.2 Å². The highest BCUT2D eigenvalue weighted by Crippen LogP contribution is 2.27. The summed E-state index contributed by atoms with van der Waals surface area (Å²) in [7, 11) is -2.37. The number of methoxy groups -OCH3 is 1. The Morgan fingerprint density at radius 1 is 1.29 bits per heavy atom. The van der Waals surface area contributed by atoms with Gasteiger partial charge in [-0.05, 0) is 44.2 Å². The van der Waals surface area contributed by atoms with Crippen LogP contribution < -0.4 is 15.2 Å². The van der Waals surface area contributed by atoms with Gasteiger partial charge in [-0.25, -0.2) is 13.1 Å². The number of hydrogen-bond donors (Lipinski definition) is 2. The van der Waals surface area contributed by atoms with Crippen LogP contribution in [-0.4, -0.2) is 15.5 Å². The molecule has 1 atom stereocenters. The molecule has 0 aliphatic rings. The highest BCUT2D eigenvalue weighted by atomic mass is 32.2. The standard InChI is InChI=1S/C14H18N2O4S/c1-9-4-6-12(20-9)10(2)16-21(17,18)14-8-11(15)5-7-13(14)19-3/h4-8,10,16H,15H2,1-3H3. The molecule has 21 heavy (non-hydrogen) atoms. The molecule has 0 spiro atoms. The quantitative estimate of drug-likeness (QED) is 0.826. The highest BCUT2D eigenvalue weighted by Gasteiger charge is 2.24. The Morgan fingerprint density at radius 3 is 2.57 bits per heavy atom. The molecule has 114 valence electrons. The number of nitrogens with two attached hydrogens (primary N) is 1. The minimum absolute atomic E-state index is 0.000119. The van der Waals surface area contributed by atoms with Crippen molar-refractivity contribution in [1.82, 2.24) is 4.72 Å². The van der Waals surface area contributed by atoms with E-state index in [0.29, 0.717) is 11.4 Å². The third kappa shape index (κ3) is 3.37. The van der Waals surface area contributed by atoms with Gasteiger partial charge in [-0.1, -0.05) is 0 Å². The van der Waals surface area contributed by atoms with Gasteiger partial charge in [0.1, 0.15) is 22.2 Å². The predicted molar refractivity (Wildman–Crippen MR) is 79.6 cm³/mol. The predicted octanol–water partition coefficient (Wildman–Crippen LogP) is 2.22. The zero-order valence-corrected chi connectivity index (χ0v) is 12.9. The maximum absolute atomic E-state index is 12.5. The van der Waals surface area contributed by atoms with Gasteiger partial charge in [0.2, 0.25) is 10.0 Å². The van der Waals surface area contributed by atoms with Crippen molar-refractivity contribution in [2.24, 2.45) is 0 Å². The van der Waals surface area contributed by atoms with Crippen molar-refractivity contribution in [3.05, 3.63) is 41.9 Å². The number of furan rings is 1. The number of anilines is 1. The molecule has 6 nitrogen and oxygen atoms in total. The fourth-order valence-corrected chi connectivity index (χ4v) is 3.36. The van der Waals surface area contributed by atoms with Crippen LogP contribution in [0.3, 0.4) is 0 Å². The number of rotatable bonds is 5. The fourth-order valence-electron chi connectivity index (χ4n) is 1.94. The molecule has 0 saturated carbocycles. The molecule has 0 saturated heterocycles. The third-order valence-electron chi connectivity index (χ3n) is 3.00. The van der Waals surface area contributed by atoms with Crippen LogP contribution >= 0.6 is 0 Å². The van der Waals surface area contributed by atoms with E-state index in [9.17, 15) is 8.42 Å². The molecule has 0 bridgehead atoms. The van der Waals surface area contributed by atoms with Crippen molar-refractivity contribution in [2.75, 3.05) is 12.8 Å². The molecular weight excluding hydrogens is 292 g/mol. The minimum atomic E-state index is -3.78. The summed E-state index contributed by atoms with van der Waals surface area (Å²) in [6, 6.07) is 7.47. The molecule has 1 unspecified atom stereocenters. The smallest absolute Gasteiger partial charge is 0.244 e. The first-order valence-electron chi connectivity index (χ1n) is 6.35. The van der Waals surface area contributed by atoms with E-state index >= 15 is 0 Å². The summed E-state index contributed by atoms with van der Waals surface area (Å²) in [5.74, 6) is 1.50. The Bertz CT molecular complexity index is 737. The molecule has 1 heterocycles. The van der Waals surface area contributed by atoms with E-state index in [4.69, 9.17) is 14.9 Å². The summed E-state index contributed by atoms with van der Waals surface area (Å²) >= 11 is 0. The largest absolute Gasteiger partial charge is 0.495 e. The number of aryl methyl sites for hydroxylation is 1. The molecule has 0 amide bonds. The van der Waals surface area contributed by atoms with Crippen LogP contribution in [0.2, 0.25) is 0 Å². The van der Waals surface area contributed by atoms with Gasteiger partial charge in [-0.15, -0.1) is 0 Å². The molecule has 7 heteroatoms. The number of hydrogen-bond acceptors (Lipinski definition) is 5. The Hall–Kier alpha value is -1.99. The van der Waals surface area contributed by atoms with Crippen molar-refractivity contribution in [3.8, 4) is 5.75 Å². The topological polar surface area (TPSA) is 94.6 Å². The van der Waals surface area contributed by atoms with E-state index in [1.54, 1.807) is 32.0 Å². The Balaban J connectivity index is 2.32. The number of nitrogen functional groups attached to an aromatic ring is 1. The molecule has 2 aromatic rings. The molecular formula is C14H18N2O4S. The number of nitrogens with one attached hydrogen (secondary N) is 1. The van der Waals surface area contributed by atoms with E-state index in [0.717, 1.165) is 5.76 Å². The third-order valence-corrected chi connectivity index (χ3v) is 4.56. The van der Waals surface area contributed by atoms with Gasteiger partial charge in [-0.3, -0.25) is 0 Å². The SMILES string of the molecule is COc1ccc(N)cc1S(=O)(=O)NC(C)c1ccc(C)o1. The zero-order chi connectivity index (χ0) is 15.6. The zero-order valence-electron chi connectivity index (χ0n) is 12.1. The number of sulfonamides is 1. The summed E-state index contributed by atoms with van der Waals surface area (Å²) < 4.78 is 38.0. The molecule has 3 N–H and O–H groups in total. The van der Waals surface area contributed by atoms with Crippen molar-refractivity contribution >= 4 is 15.7 Å². The second-order valence-electron chi connectivity index (χ2n) is 4.70. The summed E-state index contributed by atoms with van der Waals surface area (Å²) in [6.07, 6.45) is 0. The van der Waals surface area contributed by atoms with Gasteiger partial charge in [0.25, 0.3) is 0 Å². The molecule has 1 aromatic carbocycles. The maximum Gasteiger partial charge on any atom is 0.244 e. The van der Waals surface area contributed by atoms with Gasteiger partial charge >= 0.3 is 0 Å². The molecule has 0 fully saturated rings. The van der Waals surface area contributed by atoms with Gasteiger partial charge in [0.15, 0.2) is 0 Å². The van der Waals surface area contributed by atoms with E-state index in [-0.39, 0.29) is 10.6 Å². The average Bonchev–Trinajstić information content (AvgIpc) is 2.85. The first-order chi connectivity index (χ1) is 9.83. The normalized spacial score (nSPS) is 13.1. The maximum atomic E-state index is 12.5. The van der Waals surface area contributed by atoms with Crippen LogP contribution in [0.1, 0.15) is 24.5 Å². The Morgan fingerprint density at radius 2 is 2.00 bits per heavy atom. The van der Waals surface area contributed by atoms with E-state index < -0.39 is 16.1 Å². The molecule has 0 aliphatic heterocycles. The van der Waals surface area contributed by atoms with Crippen LogP contribution in [0.5, 0.6) is 5.75 Å². The van der Waals surface area contributed by atoms with Gasteiger partial charge < -0.3 is 14.9 Å². The summed E-state index contributed by atoms with van der Waals surface area (Å²) in [4.78, 5) is 0.000119. The van der Waals surface area contributed by atoms with Gasteiger partial charge in [-0.2, -0.15) is 0 Å². The monoisotopic (exact) mass is 310 g/mol. The lowest BCUT2D eigenvalue weighted by atomic mass is 10.3. The van der Waals surface area contributed by atoms with Crippen LogP contribution in [-0.2, 0) is 10.0 Å². The van der Waals surface area contributed by atoms with E-state index in [1.165, 1.54) is 19.2 Å². The minimum Gasteiger partial charge on any atom is -0.495 e. The van der Waals surface area contributed by atoms with Crippen LogP contribution in [0, 0.1) is 6.92 Å². The highest BCUT2D eigenvalue weighted by molar-refractivity contribution is 7.89. The second kappa shape index (κ2) is 5.79. The molecule has 1 aromatic heterocycles. The van der Waals surface area contributed by atoms with Crippen LogP contribution in [0.4, 0.5) is 5.69 Å². The van der Waals surface area contributed by atoms with Crippen molar-refractivity contribution in [1.29, 1.82) is 0 Å². The van der Waals surface area contributed by atoms with Gasteiger partial charge in [0, 0.05) is 5.69 Å². The fraction of sp³-hybridized carbons (Fsp3) is 0.286. The van der Waals surface area contributed by atoms with E-state index in [1.807, 2.05) is 0 Å². The Labute approximate surface area is 124 Å². The second-order valence-corrected chi connectivity index (χ2v) is 6.38. The van der Waals surface area contributed by atoms with Crippen molar-refractivity contribution in [3.63, 3.8) is 0 Å². The lowest BCUT2D eigenvalue weighted by Crippen LogP contribution is -2.27. The first kappa shape index (κ1) is 15.4. The number of benzene rings is 1. The molecule has 0 radical (unpaired) electrons.